The Labute approximate surface area is 185 Å². The Morgan fingerprint density at radius 3 is 2.32 bits per heavy atom. The van der Waals surface area contributed by atoms with Crippen molar-refractivity contribution in [1.29, 1.82) is 0 Å². The van der Waals surface area contributed by atoms with Gasteiger partial charge < -0.3 is 14.8 Å². The fourth-order valence-electron chi connectivity index (χ4n) is 4.26. The Morgan fingerprint density at radius 2 is 1.61 bits per heavy atom. The fourth-order valence-corrected chi connectivity index (χ4v) is 4.26. The van der Waals surface area contributed by atoms with Crippen LogP contribution in [0.1, 0.15) is 31.0 Å². The van der Waals surface area contributed by atoms with Gasteiger partial charge in [-0.2, -0.15) is 0 Å². The molecule has 6 nitrogen and oxygen atoms in total. The summed E-state index contributed by atoms with van der Waals surface area (Å²) in [6.45, 7) is 10.6. The topological polar surface area (TPSA) is 54.0 Å². The van der Waals surface area contributed by atoms with Crippen LogP contribution < -0.4 is 14.8 Å². The van der Waals surface area contributed by atoms with Crippen LogP contribution in [0.2, 0.25) is 0 Å². The van der Waals surface area contributed by atoms with Crippen LogP contribution in [0.5, 0.6) is 11.5 Å². The summed E-state index contributed by atoms with van der Waals surface area (Å²) in [5, 5.41) is 3.25. The maximum Gasteiger partial charge on any atom is 0.234 e. The molecule has 0 unspecified atom stereocenters. The second-order valence-corrected chi connectivity index (χ2v) is 8.73. The molecule has 0 radical (unpaired) electrons. The van der Waals surface area contributed by atoms with Crippen molar-refractivity contribution in [2.45, 2.75) is 26.4 Å². The van der Waals surface area contributed by atoms with Crippen molar-refractivity contribution in [3.8, 4) is 11.5 Å². The van der Waals surface area contributed by atoms with E-state index in [2.05, 4.69) is 59.3 Å². The number of hydrogen-bond donors (Lipinski definition) is 1. The zero-order chi connectivity index (χ0) is 21.6. The van der Waals surface area contributed by atoms with Crippen molar-refractivity contribution in [1.82, 2.24) is 15.1 Å². The van der Waals surface area contributed by atoms with E-state index in [4.69, 9.17) is 9.47 Å². The number of amides is 1. The highest BCUT2D eigenvalue weighted by Gasteiger charge is 2.24. The van der Waals surface area contributed by atoms with Gasteiger partial charge in [0.1, 0.15) is 13.2 Å². The number of nitrogens with zero attached hydrogens (tertiary/aromatic N) is 2. The molecule has 2 aliphatic rings. The Hall–Kier alpha value is -2.57. The third kappa shape index (κ3) is 5.77. The van der Waals surface area contributed by atoms with Crippen LogP contribution in [0.25, 0.3) is 0 Å². The molecule has 166 valence electrons. The largest absolute Gasteiger partial charge is 0.486 e. The normalized spacial score (nSPS) is 18.0. The molecule has 0 aromatic heterocycles. The average Bonchev–Trinajstić information content (AvgIpc) is 2.79. The lowest BCUT2D eigenvalue weighted by Gasteiger charge is -2.34. The minimum atomic E-state index is -0.0531. The second-order valence-electron chi connectivity index (χ2n) is 8.73. The van der Waals surface area contributed by atoms with Gasteiger partial charge in [0.05, 0.1) is 12.6 Å². The van der Waals surface area contributed by atoms with E-state index in [1.54, 1.807) is 0 Å². The first-order valence-corrected chi connectivity index (χ1v) is 11.3. The molecule has 1 fully saturated rings. The number of carbonyl (C=O) groups is 1. The average molecular weight is 424 g/mol. The van der Waals surface area contributed by atoms with Crippen LogP contribution >= 0.6 is 0 Å². The molecule has 2 aromatic rings. The lowest BCUT2D eigenvalue weighted by atomic mass is 9.95. The van der Waals surface area contributed by atoms with Gasteiger partial charge >= 0.3 is 0 Å². The summed E-state index contributed by atoms with van der Waals surface area (Å²) in [6.07, 6.45) is 0. The monoisotopic (exact) mass is 423 g/mol. The lowest BCUT2D eigenvalue weighted by Crippen LogP contribution is -2.49. The molecular weight excluding hydrogens is 390 g/mol. The van der Waals surface area contributed by atoms with Gasteiger partial charge in [-0.3, -0.25) is 14.6 Å². The number of benzene rings is 2. The number of ether oxygens (including phenoxy) is 2. The predicted molar refractivity (Wildman–Crippen MR) is 121 cm³/mol. The standard InChI is InChI=1S/C25H33N3O3/c1-19(2)25(21-8-9-22-23(16-21)31-15-14-30-22)26-24(29)18-28-12-10-27(11-13-28)17-20-6-4-3-5-7-20/h3-9,16,19,25H,10-15,17-18H2,1-2H3,(H,26,29)/t25-/m1/s1. The van der Waals surface area contributed by atoms with Crippen LogP contribution in [-0.2, 0) is 11.3 Å². The van der Waals surface area contributed by atoms with Crippen LogP contribution in [0.15, 0.2) is 48.5 Å². The molecule has 6 heteroatoms. The number of piperazine rings is 1. The Bertz CT molecular complexity index is 864. The summed E-state index contributed by atoms with van der Waals surface area (Å²) in [5.41, 5.74) is 2.40. The van der Waals surface area contributed by atoms with E-state index in [1.807, 2.05) is 18.2 Å². The van der Waals surface area contributed by atoms with Crippen molar-refractivity contribution in [2.24, 2.45) is 5.92 Å². The summed E-state index contributed by atoms with van der Waals surface area (Å²) in [5.74, 6) is 1.88. The summed E-state index contributed by atoms with van der Waals surface area (Å²) in [4.78, 5) is 17.5. The molecule has 4 rings (SSSR count). The van der Waals surface area contributed by atoms with Gasteiger partial charge in [0, 0.05) is 32.7 Å². The summed E-state index contributed by atoms with van der Waals surface area (Å²) in [6, 6.07) is 16.5. The number of carbonyl (C=O) groups excluding carboxylic acids is 1. The molecular formula is C25H33N3O3. The Balaban J connectivity index is 1.29. The van der Waals surface area contributed by atoms with Gasteiger partial charge in [-0.25, -0.2) is 0 Å². The zero-order valence-corrected chi connectivity index (χ0v) is 18.5. The van der Waals surface area contributed by atoms with Crippen LogP contribution in [-0.4, -0.2) is 61.6 Å². The van der Waals surface area contributed by atoms with E-state index in [-0.39, 0.29) is 17.9 Å². The van der Waals surface area contributed by atoms with E-state index in [1.165, 1.54) is 5.56 Å². The molecule has 2 heterocycles. The minimum absolute atomic E-state index is 0.0531. The number of hydrogen-bond acceptors (Lipinski definition) is 5. The quantitative estimate of drug-likeness (QED) is 0.742. The van der Waals surface area contributed by atoms with Gasteiger partial charge in [0.25, 0.3) is 0 Å². The van der Waals surface area contributed by atoms with Gasteiger partial charge in [-0.15, -0.1) is 0 Å². The van der Waals surface area contributed by atoms with Crippen molar-refractivity contribution < 1.29 is 14.3 Å². The predicted octanol–water partition coefficient (Wildman–Crippen LogP) is 3.09. The second kappa shape index (κ2) is 10.2. The molecule has 0 bridgehead atoms. The first kappa shape index (κ1) is 21.7. The summed E-state index contributed by atoms with van der Waals surface area (Å²) < 4.78 is 11.3. The minimum Gasteiger partial charge on any atom is -0.486 e. The van der Waals surface area contributed by atoms with E-state index >= 15 is 0 Å². The van der Waals surface area contributed by atoms with Gasteiger partial charge in [0.2, 0.25) is 5.91 Å². The van der Waals surface area contributed by atoms with Crippen molar-refractivity contribution >= 4 is 5.91 Å². The highest BCUT2D eigenvalue weighted by Crippen LogP contribution is 2.34. The molecule has 1 amide bonds. The molecule has 0 saturated carbocycles. The van der Waals surface area contributed by atoms with Crippen LogP contribution in [0, 0.1) is 5.92 Å². The van der Waals surface area contributed by atoms with Crippen molar-refractivity contribution in [2.75, 3.05) is 45.9 Å². The SMILES string of the molecule is CC(C)[C@@H](NC(=O)CN1CCN(Cc2ccccc2)CC1)c1ccc2c(c1)OCCO2. The zero-order valence-electron chi connectivity index (χ0n) is 18.5. The molecule has 0 aliphatic carbocycles. The first-order chi connectivity index (χ1) is 15.1. The van der Waals surface area contributed by atoms with Crippen LogP contribution in [0.4, 0.5) is 0 Å². The molecule has 2 aromatic carbocycles. The third-order valence-electron chi connectivity index (χ3n) is 5.99. The third-order valence-corrected chi connectivity index (χ3v) is 5.99. The molecule has 0 spiro atoms. The Kier molecular flexibility index (Phi) is 7.10. The number of fused-ring (bicyclic) bond motifs is 1. The van der Waals surface area contributed by atoms with E-state index in [0.717, 1.165) is 49.8 Å². The maximum absolute atomic E-state index is 12.8. The van der Waals surface area contributed by atoms with Crippen molar-refractivity contribution in [3.05, 3.63) is 59.7 Å². The molecule has 31 heavy (non-hydrogen) atoms. The maximum atomic E-state index is 12.8. The van der Waals surface area contributed by atoms with Gasteiger partial charge in [-0.1, -0.05) is 50.2 Å². The van der Waals surface area contributed by atoms with E-state index < -0.39 is 0 Å². The molecule has 1 N–H and O–H groups in total. The van der Waals surface area contributed by atoms with Crippen LogP contribution in [0.3, 0.4) is 0 Å². The van der Waals surface area contributed by atoms with Gasteiger partial charge in [0.15, 0.2) is 11.5 Å². The van der Waals surface area contributed by atoms with Gasteiger partial charge in [-0.05, 0) is 29.2 Å². The molecule has 1 atom stereocenters. The smallest absolute Gasteiger partial charge is 0.234 e. The highest BCUT2D eigenvalue weighted by atomic mass is 16.6. The van der Waals surface area contributed by atoms with E-state index in [9.17, 15) is 4.79 Å². The fraction of sp³-hybridized carbons (Fsp3) is 0.480. The molecule has 1 saturated heterocycles. The Morgan fingerprint density at radius 1 is 0.935 bits per heavy atom. The summed E-state index contributed by atoms with van der Waals surface area (Å²) >= 11 is 0. The van der Waals surface area contributed by atoms with E-state index in [0.29, 0.717) is 19.8 Å². The lowest BCUT2D eigenvalue weighted by molar-refractivity contribution is -0.123. The number of rotatable bonds is 7. The highest BCUT2D eigenvalue weighted by molar-refractivity contribution is 5.78. The van der Waals surface area contributed by atoms with Crippen molar-refractivity contribution in [3.63, 3.8) is 0 Å². The first-order valence-electron chi connectivity index (χ1n) is 11.3. The number of nitrogens with one attached hydrogen (secondary N) is 1. The molecule has 2 aliphatic heterocycles. The summed E-state index contributed by atoms with van der Waals surface area (Å²) in [7, 11) is 0.